The fraction of sp³-hybridized carbons (Fsp3) is 0.600. The molecule has 1 aromatic rings. The average molecular weight is 257 g/mol. The predicted octanol–water partition coefficient (Wildman–Crippen LogP) is 1.21. The van der Waals surface area contributed by atoms with E-state index in [2.05, 4.69) is 5.16 Å². The number of rotatable bonds is 3. The summed E-state index contributed by atoms with van der Waals surface area (Å²) in [7, 11) is -2.41. The Morgan fingerprint density at radius 2 is 1.94 bits per heavy atom. The van der Waals surface area contributed by atoms with Gasteiger partial charge in [0.05, 0.1) is 6.07 Å². The van der Waals surface area contributed by atoms with E-state index in [1.807, 2.05) is 6.07 Å². The quantitative estimate of drug-likeness (QED) is 0.812. The lowest BCUT2D eigenvalue weighted by molar-refractivity contribution is 0.335. The summed E-state index contributed by atoms with van der Waals surface area (Å²) in [5.74, 6) is 0.225. The Kier molecular flexibility index (Phi) is 3.32. The molecular weight excluding hydrogens is 242 g/mol. The lowest BCUT2D eigenvalue weighted by atomic mass is 10.1. The topological polar surface area (TPSA) is 87.2 Å². The van der Waals surface area contributed by atoms with Gasteiger partial charge >= 0.3 is 0 Å². The number of aromatic nitrogens is 1. The largest absolute Gasteiger partial charge is 0.360 e. The monoisotopic (exact) mass is 257 g/mol. The van der Waals surface area contributed by atoms with Crippen LogP contribution >= 0.6 is 0 Å². The second kappa shape index (κ2) is 4.13. The highest BCUT2D eigenvalue weighted by molar-refractivity contribution is 7.89. The number of nitrogens with zero attached hydrogens (tertiary/aromatic N) is 3. The van der Waals surface area contributed by atoms with Gasteiger partial charge in [0.25, 0.3) is 0 Å². The number of hydrogen-bond acceptors (Lipinski definition) is 5. The van der Waals surface area contributed by atoms with Gasteiger partial charge in [-0.05, 0) is 27.7 Å². The van der Waals surface area contributed by atoms with Crippen molar-refractivity contribution in [3.05, 3.63) is 11.5 Å². The van der Waals surface area contributed by atoms with Crippen LogP contribution in [-0.2, 0) is 10.0 Å². The van der Waals surface area contributed by atoms with E-state index in [-0.39, 0.29) is 10.7 Å². The maximum atomic E-state index is 12.3. The van der Waals surface area contributed by atoms with Crippen molar-refractivity contribution in [1.82, 2.24) is 9.46 Å². The zero-order valence-corrected chi connectivity index (χ0v) is 11.3. The number of nitriles is 1. The first-order valence-electron chi connectivity index (χ1n) is 4.97. The standard InChI is InChI=1S/C10H15N3O3S/c1-7-9(8(2)16-12-7)17(14,15)13(5)10(3,4)6-11/h1-5H3. The summed E-state index contributed by atoms with van der Waals surface area (Å²) in [4.78, 5) is 0.0309. The van der Waals surface area contributed by atoms with Gasteiger partial charge in [-0.1, -0.05) is 5.16 Å². The predicted molar refractivity (Wildman–Crippen MR) is 60.6 cm³/mol. The highest BCUT2D eigenvalue weighted by atomic mass is 32.2. The van der Waals surface area contributed by atoms with Gasteiger partial charge in [-0.2, -0.15) is 9.57 Å². The summed E-state index contributed by atoms with van der Waals surface area (Å²) in [5, 5.41) is 12.6. The van der Waals surface area contributed by atoms with Crippen molar-refractivity contribution >= 4 is 10.0 Å². The molecule has 0 unspecified atom stereocenters. The van der Waals surface area contributed by atoms with Crippen LogP contribution in [0.25, 0.3) is 0 Å². The first kappa shape index (κ1) is 13.7. The van der Waals surface area contributed by atoms with Crippen molar-refractivity contribution in [2.24, 2.45) is 0 Å². The summed E-state index contributed by atoms with van der Waals surface area (Å²) in [6.07, 6.45) is 0. The molecule has 94 valence electrons. The zero-order chi connectivity index (χ0) is 13.4. The zero-order valence-electron chi connectivity index (χ0n) is 10.5. The number of aryl methyl sites for hydroxylation is 2. The van der Waals surface area contributed by atoms with Gasteiger partial charge in [0.15, 0.2) is 5.76 Å². The van der Waals surface area contributed by atoms with Gasteiger partial charge in [-0.15, -0.1) is 0 Å². The molecule has 17 heavy (non-hydrogen) atoms. The Labute approximate surface area is 101 Å². The van der Waals surface area contributed by atoms with Gasteiger partial charge in [-0.25, -0.2) is 8.42 Å². The molecule has 0 amide bonds. The fourth-order valence-corrected chi connectivity index (χ4v) is 3.08. The Hall–Kier alpha value is -1.39. The van der Waals surface area contributed by atoms with Gasteiger partial charge in [0, 0.05) is 7.05 Å². The summed E-state index contributed by atoms with van der Waals surface area (Å²) in [6.45, 7) is 6.14. The molecule has 0 saturated heterocycles. The molecule has 0 aliphatic heterocycles. The molecule has 1 heterocycles. The van der Waals surface area contributed by atoms with Crippen LogP contribution in [0.15, 0.2) is 9.42 Å². The van der Waals surface area contributed by atoms with E-state index in [1.165, 1.54) is 27.8 Å². The molecule has 0 spiro atoms. The van der Waals surface area contributed by atoms with Crippen LogP contribution in [0, 0.1) is 25.2 Å². The molecule has 7 heteroatoms. The molecule has 0 radical (unpaired) electrons. The normalized spacial score (nSPS) is 12.8. The van der Waals surface area contributed by atoms with E-state index in [0.717, 1.165) is 4.31 Å². The van der Waals surface area contributed by atoms with Crippen molar-refractivity contribution in [2.75, 3.05) is 7.05 Å². The molecule has 0 N–H and O–H groups in total. The third kappa shape index (κ3) is 2.18. The maximum Gasteiger partial charge on any atom is 0.249 e. The van der Waals surface area contributed by atoms with Gasteiger partial charge in [0.1, 0.15) is 16.1 Å². The highest BCUT2D eigenvalue weighted by Gasteiger charge is 2.37. The molecule has 0 atom stereocenters. The third-order valence-corrected chi connectivity index (χ3v) is 4.92. The van der Waals surface area contributed by atoms with Gasteiger partial charge in [-0.3, -0.25) is 0 Å². The number of hydrogen-bond donors (Lipinski definition) is 0. The summed E-state index contributed by atoms with van der Waals surface area (Å²) in [5.41, 5.74) is -0.835. The highest BCUT2D eigenvalue weighted by Crippen LogP contribution is 2.26. The van der Waals surface area contributed by atoms with Crippen LogP contribution in [0.5, 0.6) is 0 Å². The Morgan fingerprint density at radius 1 is 1.41 bits per heavy atom. The first-order chi connectivity index (χ1) is 7.64. The Bertz CT molecular complexity index is 547. The molecule has 0 bridgehead atoms. The minimum absolute atomic E-state index is 0.0309. The molecule has 1 aromatic heterocycles. The van der Waals surface area contributed by atoms with Crippen LogP contribution in [0.3, 0.4) is 0 Å². The smallest absolute Gasteiger partial charge is 0.249 e. The SMILES string of the molecule is Cc1noc(C)c1S(=O)(=O)N(C)C(C)(C)C#N. The first-order valence-corrected chi connectivity index (χ1v) is 6.41. The second-order valence-electron chi connectivity index (χ2n) is 4.30. The van der Waals surface area contributed by atoms with Crippen molar-refractivity contribution in [3.63, 3.8) is 0 Å². The molecular formula is C10H15N3O3S. The lowest BCUT2D eigenvalue weighted by Crippen LogP contribution is -2.44. The number of sulfonamides is 1. The molecule has 0 aromatic carbocycles. The fourth-order valence-electron chi connectivity index (χ4n) is 1.35. The average Bonchev–Trinajstić information content (AvgIpc) is 2.57. The van der Waals surface area contributed by atoms with E-state index >= 15 is 0 Å². The molecule has 0 fully saturated rings. The Morgan fingerprint density at radius 3 is 2.29 bits per heavy atom. The van der Waals surface area contributed by atoms with E-state index in [4.69, 9.17) is 9.78 Å². The van der Waals surface area contributed by atoms with Crippen molar-refractivity contribution in [1.29, 1.82) is 5.26 Å². The van der Waals surface area contributed by atoms with Crippen molar-refractivity contribution < 1.29 is 12.9 Å². The third-order valence-electron chi connectivity index (χ3n) is 2.65. The van der Waals surface area contributed by atoms with Crippen LogP contribution in [-0.4, -0.2) is 30.5 Å². The van der Waals surface area contributed by atoms with Crippen LogP contribution in [0.2, 0.25) is 0 Å². The van der Waals surface area contributed by atoms with Gasteiger partial charge in [0.2, 0.25) is 10.0 Å². The van der Waals surface area contributed by atoms with Crippen LogP contribution < -0.4 is 0 Å². The summed E-state index contributed by atoms with van der Waals surface area (Å²) >= 11 is 0. The molecule has 0 saturated carbocycles. The van der Waals surface area contributed by atoms with E-state index in [9.17, 15) is 8.42 Å². The van der Waals surface area contributed by atoms with Crippen LogP contribution in [0.1, 0.15) is 25.3 Å². The minimum Gasteiger partial charge on any atom is -0.360 e. The summed E-state index contributed by atoms with van der Waals surface area (Å²) in [6, 6.07) is 1.94. The van der Waals surface area contributed by atoms with E-state index < -0.39 is 15.6 Å². The molecule has 0 aliphatic carbocycles. The van der Waals surface area contributed by atoms with Crippen LogP contribution in [0.4, 0.5) is 0 Å². The molecule has 1 rings (SSSR count). The summed E-state index contributed by atoms with van der Waals surface area (Å²) < 4.78 is 30.5. The lowest BCUT2D eigenvalue weighted by Gasteiger charge is -2.27. The second-order valence-corrected chi connectivity index (χ2v) is 6.20. The van der Waals surface area contributed by atoms with Crippen molar-refractivity contribution in [3.8, 4) is 6.07 Å². The molecule has 0 aliphatic rings. The van der Waals surface area contributed by atoms with Gasteiger partial charge < -0.3 is 4.52 Å². The maximum absolute atomic E-state index is 12.3. The minimum atomic E-state index is -3.77. The van der Waals surface area contributed by atoms with E-state index in [0.29, 0.717) is 5.69 Å². The molecule has 6 nitrogen and oxygen atoms in total. The Balaban J connectivity index is 3.37. The van der Waals surface area contributed by atoms with Crippen molar-refractivity contribution in [2.45, 2.75) is 38.1 Å². The van der Waals surface area contributed by atoms with E-state index in [1.54, 1.807) is 6.92 Å².